The predicted octanol–water partition coefficient (Wildman–Crippen LogP) is 1.39. The van der Waals surface area contributed by atoms with E-state index in [9.17, 15) is 18.6 Å². The van der Waals surface area contributed by atoms with Crippen molar-refractivity contribution in [1.29, 1.82) is 0 Å². The van der Waals surface area contributed by atoms with Gasteiger partial charge in [-0.1, -0.05) is 30.3 Å². The summed E-state index contributed by atoms with van der Waals surface area (Å²) in [6.45, 7) is -0.349. The Balaban J connectivity index is 1.98. The lowest BCUT2D eigenvalue weighted by Gasteiger charge is -2.39. The number of β-amino-alcohol motifs (C(OH)–C–C–N with tert-alkyl or cyclic N) is 1. The van der Waals surface area contributed by atoms with E-state index in [2.05, 4.69) is 0 Å². The van der Waals surface area contributed by atoms with Gasteiger partial charge in [-0.25, -0.2) is 8.42 Å². The van der Waals surface area contributed by atoms with Gasteiger partial charge in [0.2, 0.25) is 10.0 Å². The Morgan fingerprint density at radius 3 is 2.35 bits per heavy atom. The Hall–Kier alpha value is -1.93. The van der Waals surface area contributed by atoms with E-state index in [1.54, 1.807) is 18.2 Å². The lowest BCUT2D eigenvalue weighted by Crippen LogP contribution is -2.50. The fourth-order valence-corrected chi connectivity index (χ4v) is 5.26. The van der Waals surface area contributed by atoms with Crippen molar-refractivity contribution in [2.45, 2.75) is 23.5 Å². The summed E-state index contributed by atoms with van der Waals surface area (Å²) < 4.78 is 27.2. The van der Waals surface area contributed by atoms with Gasteiger partial charge < -0.3 is 15.1 Å². The van der Waals surface area contributed by atoms with Crippen LogP contribution in [0, 0.1) is 0 Å². The van der Waals surface area contributed by atoms with Gasteiger partial charge in [0.1, 0.15) is 0 Å². The maximum atomic E-state index is 13.0. The van der Waals surface area contributed by atoms with Crippen LogP contribution in [0.1, 0.15) is 17.2 Å². The lowest BCUT2D eigenvalue weighted by atomic mass is 9.95. The number of anilines is 1. The van der Waals surface area contributed by atoms with Crippen LogP contribution in [0.25, 0.3) is 0 Å². The third-order valence-electron chi connectivity index (χ3n) is 4.78. The zero-order valence-electron chi connectivity index (χ0n) is 14.9. The second-order valence-corrected chi connectivity index (χ2v) is 8.51. The van der Waals surface area contributed by atoms with Crippen molar-refractivity contribution < 1.29 is 18.6 Å². The van der Waals surface area contributed by atoms with Crippen molar-refractivity contribution in [2.24, 2.45) is 0 Å². The van der Waals surface area contributed by atoms with Crippen molar-refractivity contribution in [3.05, 3.63) is 59.7 Å². The number of nitrogens with zero attached hydrogens (tertiary/aromatic N) is 2. The topological polar surface area (TPSA) is 81.1 Å². The standard InChI is InChI=1S/C19H24N2O4S/c1-20(2)15-9-7-14(8-10-15)13-17-19(23)16-5-3-4-6-18(16)26(24,25)21(17)11-12-22/h3-10,17,19,22-23H,11-13H2,1-2H3/t17-,19+/m0/s1. The maximum Gasteiger partial charge on any atom is 0.243 e. The molecule has 1 heterocycles. The molecule has 2 N–H and O–H groups in total. The number of sulfonamides is 1. The van der Waals surface area contributed by atoms with Gasteiger partial charge in [-0.3, -0.25) is 0 Å². The van der Waals surface area contributed by atoms with Gasteiger partial charge in [-0.2, -0.15) is 4.31 Å². The molecule has 2 atom stereocenters. The molecule has 0 aliphatic carbocycles. The SMILES string of the molecule is CN(C)c1ccc(C[C@H]2[C@H](O)c3ccccc3S(=O)(=O)N2CCO)cc1. The third-order valence-corrected chi connectivity index (χ3v) is 6.78. The van der Waals surface area contributed by atoms with E-state index >= 15 is 0 Å². The van der Waals surface area contributed by atoms with Crippen molar-refractivity contribution >= 4 is 15.7 Å². The molecule has 7 heteroatoms. The van der Waals surface area contributed by atoms with Gasteiger partial charge in [0.25, 0.3) is 0 Å². The van der Waals surface area contributed by atoms with Crippen LogP contribution in [0.3, 0.4) is 0 Å². The second kappa shape index (κ2) is 7.36. The summed E-state index contributed by atoms with van der Waals surface area (Å²) in [7, 11) is 0.138. The molecule has 0 fully saturated rings. The number of fused-ring (bicyclic) bond motifs is 1. The highest BCUT2D eigenvalue weighted by Crippen LogP contribution is 2.37. The molecule has 0 bridgehead atoms. The minimum absolute atomic E-state index is 0.0474. The number of hydrogen-bond donors (Lipinski definition) is 2. The van der Waals surface area contributed by atoms with Crippen molar-refractivity contribution in [3.8, 4) is 0 Å². The molecule has 140 valence electrons. The predicted molar refractivity (Wildman–Crippen MR) is 101 cm³/mol. The number of rotatable bonds is 5. The Kier molecular flexibility index (Phi) is 5.34. The van der Waals surface area contributed by atoms with Crippen LogP contribution in [0.15, 0.2) is 53.4 Å². The average Bonchev–Trinajstić information content (AvgIpc) is 2.63. The molecule has 3 rings (SSSR count). The van der Waals surface area contributed by atoms with Crippen LogP contribution in [-0.4, -0.2) is 56.2 Å². The van der Waals surface area contributed by atoms with E-state index in [0.717, 1.165) is 11.3 Å². The molecule has 0 unspecified atom stereocenters. The van der Waals surface area contributed by atoms with Crippen LogP contribution in [0.4, 0.5) is 5.69 Å². The van der Waals surface area contributed by atoms with Gasteiger partial charge >= 0.3 is 0 Å². The van der Waals surface area contributed by atoms with Crippen molar-refractivity contribution in [1.82, 2.24) is 4.31 Å². The summed E-state index contributed by atoms with van der Waals surface area (Å²) >= 11 is 0. The molecular weight excluding hydrogens is 352 g/mol. The van der Waals surface area contributed by atoms with Crippen LogP contribution < -0.4 is 4.90 Å². The minimum atomic E-state index is -3.76. The minimum Gasteiger partial charge on any atom is -0.395 e. The molecule has 0 saturated carbocycles. The second-order valence-electron chi connectivity index (χ2n) is 6.65. The van der Waals surface area contributed by atoms with Crippen LogP contribution >= 0.6 is 0 Å². The quantitative estimate of drug-likeness (QED) is 0.824. The Morgan fingerprint density at radius 2 is 1.73 bits per heavy atom. The first-order chi connectivity index (χ1) is 12.4. The molecule has 1 aliphatic heterocycles. The van der Waals surface area contributed by atoms with E-state index < -0.39 is 22.2 Å². The van der Waals surface area contributed by atoms with Crippen molar-refractivity contribution in [3.63, 3.8) is 0 Å². The Morgan fingerprint density at radius 1 is 1.08 bits per heavy atom. The maximum absolute atomic E-state index is 13.0. The fourth-order valence-electron chi connectivity index (χ4n) is 3.40. The number of aliphatic hydroxyl groups excluding tert-OH is 2. The highest BCUT2D eigenvalue weighted by Gasteiger charge is 2.43. The van der Waals surface area contributed by atoms with Gasteiger partial charge in [-0.15, -0.1) is 0 Å². The van der Waals surface area contributed by atoms with Crippen LogP contribution in [0.2, 0.25) is 0 Å². The molecule has 2 aromatic carbocycles. The van der Waals surface area contributed by atoms with E-state index in [0.29, 0.717) is 12.0 Å². The smallest absolute Gasteiger partial charge is 0.243 e. The van der Waals surface area contributed by atoms with Gasteiger partial charge in [0, 0.05) is 31.9 Å². The first kappa shape index (κ1) is 18.8. The molecule has 6 nitrogen and oxygen atoms in total. The largest absolute Gasteiger partial charge is 0.395 e. The monoisotopic (exact) mass is 376 g/mol. The third kappa shape index (κ3) is 3.35. The fraction of sp³-hybridized carbons (Fsp3) is 0.368. The molecule has 0 amide bonds. The van der Waals surface area contributed by atoms with E-state index in [1.807, 2.05) is 43.3 Å². The first-order valence-electron chi connectivity index (χ1n) is 8.52. The Labute approximate surface area is 154 Å². The van der Waals surface area contributed by atoms with Gasteiger partial charge in [-0.05, 0) is 30.2 Å². The first-order valence-corrected chi connectivity index (χ1v) is 9.96. The van der Waals surface area contributed by atoms with Crippen LogP contribution in [0.5, 0.6) is 0 Å². The number of aliphatic hydroxyl groups is 2. The lowest BCUT2D eigenvalue weighted by molar-refractivity contribution is 0.0725. The molecule has 0 radical (unpaired) electrons. The normalized spacial score (nSPS) is 22.0. The summed E-state index contributed by atoms with van der Waals surface area (Å²) in [5.41, 5.74) is 2.39. The number of hydrogen-bond acceptors (Lipinski definition) is 5. The van der Waals surface area contributed by atoms with E-state index in [1.165, 1.54) is 10.4 Å². The molecular formula is C19H24N2O4S. The molecule has 26 heavy (non-hydrogen) atoms. The molecule has 0 saturated heterocycles. The summed E-state index contributed by atoms with van der Waals surface area (Å²) in [6, 6.07) is 13.7. The van der Waals surface area contributed by atoms with E-state index in [4.69, 9.17) is 0 Å². The molecule has 0 aromatic heterocycles. The molecule has 1 aliphatic rings. The van der Waals surface area contributed by atoms with Crippen molar-refractivity contribution in [2.75, 3.05) is 32.1 Å². The highest BCUT2D eigenvalue weighted by molar-refractivity contribution is 7.89. The van der Waals surface area contributed by atoms with E-state index in [-0.39, 0.29) is 18.0 Å². The summed E-state index contributed by atoms with van der Waals surface area (Å²) in [6.07, 6.45) is -0.586. The van der Waals surface area contributed by atoms with Crippen LogP contribution in [-0.2, 0) is 16.4 Å². The molecule has 0 spiro atoms. The highest BCUT2D eigenvalue weighted by atomic mass is 32.2. The zero-order valence-corrected chi connectivity index (χ0v) is 15.7. The van der Waals surface area contributed by atoms with Gasteiger partial charge in [0.15, 0.2) is 0 Å². The average molecular weight is 376 g/mol. The summed E-state index contributed by atoms with van der Waals surface area (Å²) in [5, 5.41) is 20.2. The number of benzene rings is 2. The zero-order chi connectivity index (χ0) is 18.9. The summed E-state index contributed by atoms with van der Waals surface area (Å²) in [4.78, 5) is 2.10. The summed E-state index contributed by atoms with van der Waals surface area (Å²) in [5.74, 6) is 0. The Bertz CT molecular complexity index is 865. The van der Waals surface area contributed by atoms with Gasteiger partial charge in [0.05, 0.1) is 23.6 Å². The molecule has 2 aromatic rings.